The van der Waals surface area contributed by atoms with Gasteiger partial charge in [0.1, 0.15) is 0 Å². The molecule has 0 saturated heterocycles. The lowest BCUT2D eigenvalue weighted by Crippen LogP contribution is -2.32. The quantitative estimate of drug-likeness (QED) is 0.592. The predicted octanol–water partition coefficient (Wildman–Crippen LogP) is 2.83. The molecule has 0 aromatic heterocycles. The molecule has 1 fully saturated rings. The molecule has 1 aliphatic rings. The third-order valence-corrected chi connectivity index (χ3v) is 3.14. The van der Waals surface area contributed by atoms with Gasteiger partial charge in [-0.1, -0.05) is 27.7 Å². The average molecular weight is 170 g/mol. The van der Waals surface area contributed by atoms with E-state index in [2.05, 4.69) is 27.7 Å². The van der Waals surface area contributed by atoms with Gasteiger partial charge in [0, 0.05) is 0 Å². The Morgan fingerprint density at radius 2 is 1.67 bits per heavy atom. The van der Waals surface area contributed by atoms with Crippen LogP contribution in [0.5, 0.6) is 0 Å². The molecule has 0 aliphatic heterocycles. The number of aliphatic hydroxyl groups excluding tert-OH is 1. The summed E-state index contributed by atoms with van der Waals surface area (Å²) in [6.07, 6.45) is 3.26. The van der Waals surface area contributed by atoms with Crippen molar-refractivity contribution in [1.29, 1.82) is 0 Å². The Labute approximate surface area is 76.2 Å². The molecule has 1 saturated carbocycles. The monoisotopic (exact) mass is 170 g/mol. The SMILES string of the molecule is CC1CC(C(C)(C)C)C[C@@H](O)C1. The fourth-order valence-electron chi connectivity index (χ4n) is 2.27. The Kier molecular flexibility index (Phi) is 2.82. The van der Waals surface area contributed by atoms with Crippen LogP contribution in [-0.4, -0.2) is 11.2 Å². The van der Waals surface area contributed by atoms with Crippen molar-refractivity contribution in [3.05, 3.63) is 0 Å². The number of rotatable bonds is 0. The molecule has 0 heterocycles. The highest BCUT2D eigenvalue weighted by atomic mass is 16.3. The molecule has 1 heteroatoms. The second kappa shape index (κ2) is 3.37. The van der Waals surface area contributed by atoms with Crippen molar-refractivity contribution in [3.8, 4) is 0 Å². The van der Waals surface area contributed by atoms with Gasteiger partial charge in [-0.2, -0.15) is 0 Å². The third-order valence-electron chi connectivity index (χ3n) is 3.14. The van der Waals surface area contributed by atoms with Crippen molar-refractivity contribution in [1.82, 2.24) is 0 Å². The smallest absolute Gasteiger partial charge is 0.0545 e. The summed E-state index contributed by atoms with van der Waals surface area (Å²) < 4.78 is 0. The molecule has 0 spiro atoms. The largest absolute Gasteiger partial charge is 0.393 e. The van der Waals surface area contributed by atoms with Gasteiger partial charge < -0.3 is 5.11 Å². The van der Waals surface area contributed by atoms with Crippen LogP contribution in [-0.2, 0) is 0 Å². The van der Waals surface area contributed by atoms with Gasteiger partial charge in [0.15, 0.2) is 0 Å². The van der Waals surface area contributed by atoms with Crippen LogP contribution in [0.4, 0.5) is 0 Å². The summed E-state index contributed by atoms with van der Waals surface area (Å²) in [5.41, 5.74) is 0.371. The Bertz CT molecular complexity index is 136. The Balaban J connectivity index is 2.55. The van der Waals surface area contributed by atoms with E-state index in [-0.39, 0.29) is 6.10 Å². The summed E-state index contributed by atoms with van der Waals surface area (Å²) in [5, 5.41) is 9.61. The highest BCUT2D eigenvalue weighted by molar-refractivity contribution is 4.83. The summed E-state index contributed by atoms with van der Waals surface area (Å²) in [4.78, 5) is 0. The van der Waals surface area contributed by atoms with E-state index >= 15 is 0 Å². The molecular weight excluding hydrogens is 148 g/mol. The maximum atomic E-state index is 9.61. The van der Waals surface area contributed by atoms with E-state index < -0.39 is 0 Å². The first-order valence-electron chi connectivity index (χ1n) is 5.07. The van der Waals surface area contributed by atoms with Crippen molar-refractivity contribution >= 4 is 0 Å². The van der Waals surface area contributed by atoms with Gasteiger partial charge in [0.05, 0.1) is 6.10 Å². The fourth-order valence-corrected chi connectivity index (χ4v) is 2.27. The minimum absolute atomic E-state index is 0.0435. The Hall–Kier alpha value is -0.0400. The minimum Gasteiger partial charge on any atom is -0.393 e. The van der Waals surface area contributed by atoms with Crippen LogP contribution in [0, 0.1) is 17.3 Å². The first kappa shape index (κ1) is 10.0. The number of hydrogen-bond donors (Lipinski definition) is 1. The van der Waals surface area contributed by atoms with Crippen LogP contribution < -0.4 is 0 Å². The lowest BCUT2D eigenvalue weighted by molar-refractivity contribution is 0.0343. The summed E-state index contributed by atoms with van der Waals surface area (Å²) in [7, 11) is 0. The zero-order valence-corrected chi connectivity index (χ0v) is 8.80. The van der Waals surface area contributed by atoms with Crippen molar-refractivity contribution in [2.24, 2.45) is 17.3 Å². The maximum absolute atomic E-state index is 9.61. The van der Waals surface area contributed by atoms with E-state index in [9.17, 15) is 5.11 Å². The summed E-state index contributed by atoms with van der Waals surface area (Å²) in [6, 6.07) is 0. The van der Waals surface area contributed by atoms with Crippen LogP contribution >= 0.6 is 0 Å². The first-order valence-corrected chi connectivity index (χ1v) is 5.07. The molecule has 1 aliphatic carbocycles. The van der Waals surface area contributed by atoms with E-state index in [4.69, 9.17) is 0 Å². The van der Waals surface area contributed by atoms with E-state index in [1.807, 2.05) is 0 Å². The number of hydrogen-bond acceptors (Lipinski definition) is 1. The molecule has 0 aromatic rings. The Morgan fingerprint density at radius 1 is 1.08 bits per heavy atom. The minimum atomic E-state index is -0.0435. The Morgan fingerprint density at radius 3 is 2.08 bits per heavy atom. The van der Waals surface area contributed by atoms with Gasteiger partial charge in [0.2, 0.25) is 0 Å². The lowest BCUT2D eigenvalue weighted by Gasteiger charge is -2.38. The molecule has 1 rings (SSSR count). The summed E-state index contributed by atoms with van der Waals surface area (Å²) >= 11 is 0. The third kappa shape index (κ3) is 2.48. The van der Waals surface area contributed by atoms with Gasteiger partial charge in [-0.05, 0) is 36.5 Å². The van der Waals surface area contributed by atoms with Crippen LogP contribution in [0.1, 0.15) is 47.0 Å². The fraction of sp³-hybridized carbons (Fsp3) is 1.00. The maximum Gasteiger partial charge on any atom is 0.0545 e. The first-order chi connectivity index (χ1) is 5.39. The van der Waals surface area contributed by atoms with E-state index in [1.165, 1.54) is 6.42 Å². The van der Waals surface area contributed by atoms with E-state index in [1.54, 1.807) is 0 Å². The molecule has 3 atom stereocenters. The molecule has 0 radical (unpaired) electrons. The van der Waals surface area contributed by atoms with Crippen LogP contribution in [0.25, 0.3) is 0 Å². The predicted molar refractivity (Wildman–Crippen MR) is 52.0 cm³/mol. The molecule has 1 N–H and O–H groups in total. The standard InChI is InChI=1S/C11H22O/c1-8-5-9(11(2,3)4)7-10(12)6-8/h8-10,12H,5-7H2,1-4H3/t8?,9?,10-/m0/s1. The molecular formula is C11H22O. The highest BCUT2D eigenvalue weighted by Gasteiger charge is 2.32. The zero-order chi connectivity index (χ0) is 9.35. The van der Waals surface area contributed by atoms with Crippen LogP contribution in [0.15, 0.2) is 0 Å². The molecule has 72 valence electrons. The van der Waals surface area contributed by atoms with Crippen LogP contribution in [0.3, 0.4) is 0 Å². The van der Waals surface area contributed by atoms with Crippen molar-refractivity contribution in [3.63, 3.8) is 0 Å². The van der Waals surface area contributed by atoms with E-state index in [0.717, 1.165) is 12.8 Å². The normalized spacial score (nSPS) is 38.2. The molecule has 1 nitrogen and oxygen atoms in total. The molecule has 0 amide bonds. The van der Waals surface area contributed by atoms with Gasteiger partial charge >= 0.3 is 0 Å². The van der Waals surface area contributed by atoms with E-state index in [0.29, 0.717) is 17.3 Å². The zero-order valence-electron chi connectivity index (χ0n) is 8.80. The molecule has 0 aromatic carbocycles. The lowest BCUT2D eigenvalue weighted by atomic mass is 9.69. The second-order valence-corrected chi connectivity index (χ2v) is 5.53. The van der Waals surface area contributed by atoms with Gasteiger partial charge in [-0.15, -0.1) is 0 Å². The molecule has 12 heavy (non-hydrogen) atoms. The topological polar surface area (TPSA) is 20.2 Å². The summed E-state index contributed by atoms with van der Waals surface area (Å²) in [5.74, 6) is 1.41. The highest BCUT2D eigenvalue weighted by Crippen LogP contribution is 2.39. The van der Waals surface area contributed by atoms with Gasteiger partial charge in [-0.3, -0.25) is 0 Å². The van der Waals surface area contributed by atoms with Crippen molar-refractivity contribution in [2.75, 3.05) is 0 Å². The summed E-state index contributed by atoms with van der Waals surface area (Å²) in [6.45, 7) is 9.09. The molecule has 2 unspecified atom stereocenters. The molecule has 0 bridgehead atoms. The van der Waals surface area contributed by atoms with Crippen molar-refractivity contribution in [2.45, 2.75) is 53.1 Å². The number of aliphatic hydroxyl groups is 1. The second-order valence-electron chi connectivity index (χ2n) is 5.53. The van der Waals surface area contributed by atoms with Crippen LogP contribution in [0.2, 0.25) is 0 Å². The van der Waals surface area contributed by atoms with Crippen molar-refractivity contribution < 1.29 is 5.11 Å². The van der Waals surface area contributed by atoms with Gasteiger partial charge in [0.25, 0.3) is 0 Å². The van der Waals surface area contributed by atoms with Gasteiger partial charge in [-0.25, -0.2) is 0 Å². The average Bonchev–Trinajstić information content (AvgIpc) is 1.82.